The number of carbonyl (C=O) groups is 2. The maximum atomic E-state index is 12.6. The Hall–Kier alpha value is -4.36. The van der Waals surface area contributed by atoms with Crippen molar-refractivity contribution in [3.05, 3.63) is 36.3 Å². The van der Waals surface area contributed by atoms with Gasteiger partial charge in [0.15, 0.2) is 5.82 Å². The van der Waals surface area contributed by atoms with E-state index in [4.69, 9.17) is 4.74 Å². The van der Waals surface area contributed by atoms with E-state index in [1.165, 1.54) is 0 Å². The molecule has 4 aromatic heterocycles. The van der Waals surface area contributed by atoms with Crippen molar-refractivity contribution in [2.45, 2.75) is 31.7 Å². The minimum Gasteiger partial charge on any atom is -0.443 e. The van der Waals surface area contributed by atoms with Gasteiger partial charge >= 0.3 is 18.2 Å². The Kier molecular flexibility index (Phi) is 6.55. The fourth-order valence-corrected chi connectivity index (χ4v) is 4.57. The van der Waals surface area contributed by atoms with Gasteiger partial charge in [0.05, 0.1) is 28.9 Å². The highest BCUT2D eigenvalue weighted by atomic mass is 19.4. The largest absolute Gasteiger partial charge is 0.471 e. The number of aromatic nitrogens is 5. The number of piperidine rings is 1. The summed E-state index contributed by atoms with van der Waals surface area (Å²) in [6.07, 6.45) is -3.46. The summed E-state index contributed by atoms with van der Waals surface area (Å²) in [5.74, 6) is -1.21. The molecule has 200 valence electrons. The molecule has 5 heterocycles. The number of imidazole rings is 1. The number of likely N-dealkylation sites (tertiary alicyclic amines) is 1. The number of pyridine rings is 2. The third-order valence-electron chi connectivity index (χ3n) is 6.45. The van der Waals surface area contributed by atoms with E-state index in [0.717, 1.165) is 27.0 Å². The Balaban J connectivity index is 1.22. The summed E-state index contributed by atoms with van der Waals surface area (Å²) in [6, 6.07) is 6.90. The molecular formula is C24H25F3N8O3. The second kappa shape index (κ2) is 9.84. The standard InChI is InChI=1S/C24H25F3N8O3/c1-28-21-18-19(34(2)12-29-18)15-10-17(32-20(15)33-21)16-5-3-4-14(30-16)11-38-23(37)31-13-6-8-35(9-7-13)22(36)24(25,26)27/h3-5,10,12-13H,6-9,11H2,1-2H3,(H,31,37)(H2,28,32,33). The first-order valence-electron chi connectivity index (χ1n) is 11.9. The summed E-state index contributed by atoms with van der Waals surface area (Å²) in [5, 5.41) is 6.60. The number of aryl methyl sites for hydroxylation is 1. The first kappa shape index (κ1) is 25.3. The number of fused-ring (bicyclic) bond motifs is 3. The van der Waals surface area contributed by atoms with Crippen molar-refractivity contribution in [1.29, 1.82) is 0 Å². The summed E-state index contributed by atoms with van der Waals surface area (Å²) >= 11 is 0. The zero-order valence-corrected chi connectivity index (χ0v) is 20.6. The van der Waals surface area contributed by atoms with Crippen LogP contribution >= 0.6 is 0 Å². The van der Waals surface area contributed by atoms with Crippen LogP contribution in [0.1, 0.15) is 18.5 Å². The van der Waals surface area contributed by atoms with Gasteiger partial charge < -0.3 is 29.8 Å². The lowest BCUT2D eigenvalue weighted by Crippen LogP contribution is -2.50. The van der Waals surface area contributed by atoms with Crippen molar-refractivity contribution in [1.82, 2.24) is 34.7 Å². The Labute approximate surface area is 214 Å². The molecule has 1 fully saturated rings. The molecule has 0 spiro atoms. The normalized spacial score (nSPS) is 14.7. The third kappa shape index (κ3) is 4.93. The van der Waals surface area contributed by atoms with Crippen LogP contribution in [0.15, 0.2) is 30.6 Å². The fourth-order valence-electron chi connectivity index (χ4n) is 4.57. The molecule has 38 heavy (non-hydrogen) atoms. The number of nitrogens with one attached hydrogen (secondary N) is 3. The minimum absolute atomic E-state index is 0.0901. The number of H-pyrrole nitrogens is 1. The zero-order chi connectivity index (χ0) is 27.0. The minimum atomic E-state index is -4.90. The zero-order valence-electron chi connectivity index (χ0n) is 20.6. The van der Waals surface area contributed by atoms with E-state index >= 15 is 0 Å². The smallest absolute Gasteiger partial charge is 0.443 e. The lowest BCUT2D eigenvalue weighted by Gasteiger charge is -2.32. The summed E-state index contributed by atoms with van der Waals surface area (Å²) < 4.78 is 45.0. The molecule has 5 rings (SSSR count). The van der Waals surface area contributed by atoms with E-state index in [0.29, 0.717) is 22.9 Å². The molecule has 0 bridgehead atoms. The van der Waals surface area contributed by atoms with Gasteiger partial charge in [-0.3, -0.25) is 4.79 Å². The molecule has 0 unspecified atom stereocenters. The second-order valence-corrected chi connectivity index (χ2v) is 9.01. The molecular weight excluding hydrogens is 505 g/mol. The van der Waals surface area contributed by atoms with E-state index in [9.17, 15) is 22.8 Å². The van der Waals surface area contributed by atoms with E-state index in [1.54, 1.807) is 25.5 Å². The first-order valence-corrected chi connectivity index (χ1v) is 11.9. The third-order valence-corrected chi connectivity index (χ3v) is 6.45. The van der Waals surface area contributed by atoms with Crippen LogP contribution in [0.3, 0.4) is 0 Å². The van der Waals surface area contributed by atoms with E-state index in [2.05, 4.69) is 30.6 Å². The average Bonchev–Trinajstić information content (AvgIpc) is 3.50. The predicted molar refractivity (Wildman–Crippen MR) is 132 cm³/mol. The molecule has 0 aliphatic carbocycles. The van der Waals surface area contributed by atoms with Crippen LogP contribution in [-0.4, -0.2) is 73.8 Å². The molecule has 0 radical (unpaired) electrons. The lowest BCUT2D eigenvalue weighted by molar-refractivity contribution is -0.186. The van der Waals surface area contributed by atoms with Crippen LogP contribution in [-0.2, 0) is 23.2 Å². The average molecular weight is 531 g/mol. The van der Waals surface area contributed by atoms with Gasteiger partial charge in [0.25, 0.3) is 0 Å². The molecule has 1 aliphatic rings. The van der Waals surface area contributed by atoms with E-state index in [-0.39, 0.29) is 38.6 Å². The highest BCUT2D eigenvalue weighted by Gasteiger charge is 2.43. The highest BCUT2D eigenvalue weighted by molar-refractivity contribution is 6.07. The molecule has 14 heteroatoms. The highest BCUT2D eigenvalue weighted by Crippen LogP contribution is 2.31. The van der Waals surface area contributed by atoms with Crippen LogP contribution in [0.2, 0.25) is 0 Å². The first-order chi connectivity index (χ1) is 18.1. The molecule has 0 aromatic carbocycles. The summed E-state index contributed by atoms with van der Waals surface area (Å²) in [4.78, 5) is 41.3. The number of amides is 2. The van der Waals surface area contributed by atoms with Gasteiger partial charge in [-0.15, -0.1) is 0 Å². The number of halogens is 3. The summed E-state index contributed by atoms with van der Waals surface area (Å²) in [7, 11) is 3.69. The van der Waals surface area contributed by atoms with Crippen LogP contribution in [0.4, 0.5) is 23.8 Å². The second-order valence-electron chi connectivity index (χ2n) is 9.01. The number of hydrogen-bond donors (Lipinski definition) is 3. The Morgan fingerprint density at radius 2 is 1.97 bits per heavy atom. The van der Waals surface area contributed by atoms with Crippen molar-refractivity contribution in [3.63, 3.8) is 0 Å². The number of hydrogen-bond acceptors (Lipinski definition) is 7. The maximum Gasteiger partial charge on any atom is 0.471 e. The fraction of sp³-hybridized carbons (Fsp3) is 0.375. The maximum absolute atomic E-state index is 12.6. The van der Waals surface area contributed by atoms with Crippen LogP contribution in [0.25, 0.3) is 33.5 Å². The van der Waals surface area contributed by atoms with Crippen molar-refractivity contribution in [2.75, 3.05) is 25.5 Å². The molecule has 3 N–H and O–H groups in total. The number of carbonyl (C=O) groups excluding carboxylic acids is 2. The van der Waals surface area contributed by atoms with Gasteiger partial charge in [0.2, 0.25) is 0 Å². The van der Waals surface area contributed by atoms with Crippen molar-refractivity contribution < 1.29 is 27.5 Å². The molecule has 1 saturated heterocycles. The van der Waals surface area contributed by atoms with Crippen molar-refractivity contribution in [3.8, 4) is 11.4 Å². The molecule has 0 atom stereocenters. The van der Waals surface area contributed by atoms with Crippen molar-refractivity contribution >= 4 is 39.9 Å². The van der Waals surface area contributed by atoms with Crippen LogP contribution in [0.5, 0.6) is 0 Å². The molecule has 4 aromatic rings. The summed E-state index contributed by atoms with van der Waals surface area (Å²) in [6.45, 7) is -0.278. The Morgan fingerprint density at radius 1 is 1.21 bits per heavy atom. The Morgan fingerprint density at radius 3 is 2.68 bits per heavy atom. The van der Waals surface area contributed by atoms with E-state index in [1.807, 2.05) is 23.7 Å². The molecule has 1 aliphatic heterocycles. The Bertz CT molecular complexity index is 1510. The number of anilines is 1. The molecule has 11 nitrogen and oxygen atoms in total. The van der Waals surface area contributed by atoms with Gasteiger partial charge in [-0.1, -0.05) is 6.07 Å². The summed E-state index contributed by atoms with van der Waals surface area (Å²) in [5.41, 5.74) is 4.23. The number of aromatic amines is 1. The number of nitrogens with zero attached hydrogens (tertiary/aromatic N) is 5. The lowest BCUT2D eigenvalue weighted by atomic mass is 10.1. The van der Waals surface area contributed by atoms with Gasteiger partial charge in [0, 0.05) is 38.6 Å². The number of ether oxygens (including phenoxy) is 1. The number of alkyl carbamates (subject to hydrolysis) is 1. The van der Waals surface area contributed by atoms with Gasteiger partial charge in [-0.05, 0) is 31.0 Å². The molecule has 0 saturated carbocycles. The van der Waals surface area contributed by atoms with Gasteiger partial charge in [-0.25, -0.2) is 19.7 Å². The van der Waals surface area contributed by atoms with Crippen LogP contribution < -0.4 is 10.6 Å². The SMILES string of the molecule is CNc1nc2[nH]c(-c3cccc(COC(=O)NC4CCN(C(=O)C(F)(F)F)CC4)n3)cc2c2c1ncn2C. The number of rotatable bonds is 5. The molecule has 2 amide bonds. The van der Waals surface area contributed by atoms with Gasteiger partial charge in [0.1, 0.15) is 17.8 Å². The van der Waals surface area contributed by atoms with Crippen molar-refractivity contribution in [2.24, 2.45) is 7.05 Å². The van der Waals surface area contributed by atoms with Crippen LogP contribution in [0, 0.1) is 0 Å². The number of alkyl halides is 3. The van der Waals surface area contributed by atoms with E-state index < -0.39 is 18.2 Å². The quantitative estimate of drug-likeness (QED) is 0.361. The topological polar surface area (TPSA) is 130 Å². The van der Waals surface area contributed by atoms with Gasteiger partial charge in [-0.2, -0.15) is 13.2 Å². The monoisotopic (exact) mass is 530 g/mol. The predicted octanol–water partition coefficient (Wildman–Crippen LogP) is 3.33.